The Labute approximate surface area is 128 Å². The molecule has 1 aromatic rings. The molecule has 0 spiro atoms. The first-order valence-corrected chi connectivity index (χ1v) is 8.82. The molecule has 0 aromatic heterocycles. The molecule has 2 N–H and O–H groups in total. The van der Waals surface area contributed by atoms with Crippen molar-refractivity contribution in [1.29, 1.82) is 0 Å². The quantitative estimate of drug-likeness (QED) is 0.692. The van der Waals surface area contributed by atoms with E-state index < -0.39 is 10.0 Å². The third-order valence-corrected chi connectivity index (χ3v) is 4.63. The summed E-state index contributed by atoms with van der Waals surface area (Å²) in [5.41, 5.74) is 0.957. The zero-order chi connectivity index (χ0) is 15.7. The Morgan fingerprint density at radius 2 is 2.05 bits per heavy atom. The van der Waals surface area contributed by atoms with Crippen molar-refractivity contribution in [2.75, 3.05) is 20.3 Å². The Morgan fingerprint density at radius 3 is 2.67 bits per heavy atom. The van der Waals surface area contributed by atoms with Crippen molar-refractivity contribution < 1.29 is 13.2 Å². The molecule has 0 radical (unpaired) electrons. The van der Waals surface area contributed by atoms with E-state index in [1.807, 2.05) is 19.9 Å². The summed E-state index contributed by atoms with van der Waals surface area (Å²) in [7, 11) is -1.93. The van der Waals surface area contributed by atoms with Gasteiger partial charge in [0, 0.05) is 19.7 Å². The van der Waals surface area contributed by atoms with Crippen LogP contribution in [0.5, 0.6) is 0 Å². The highest BCUT2D eigenvalue weighted by Gasteiger charge is 2.19. The summed E-state index contributed by atoms with van der Waals surface area (Å²) in [5, 5.41) is 3.19. The van der Waals surface area contributed by atoms with Crippen LogP contribution in [0.4, 0.5) is 0 Å². The van der Waals surface area contributed by atoms with Gasteiger partial charge in [-0.05, 0) is 30.7 Å². The number of nitrogens with one attached hydrogen (secondary N) is 2. The molecule has 0 heterocycles. The minimum absolute atomic E-state index is 0.192. The highest BCUT2D eigenvalue weighted by molar-refractivity contribution is 7.89. The second kappa shape index (κ2) is 9.15. The molecule has 6 heteroatoms. The molecule has 1 atom stereocenters. The average molecular weight is 314 g/mol. The lowest BCUT2D eigenvalue weighted by atomic mass is 10.2. The molecule has 0 amide bonds. The molecule has 0 aliphatic carbocycles. The van der Waals surface area contributed by atoms with Crippen molar-refractivity contribution in [3.05, 3.63) is 29.8 Å². The van der Waals surface area contributed by atoms with Gasteiger partial charge >= 0.3 is 0 Å². The predicted octanol–water partition coefficient (Wildman–Crippen LogP) is 1.89. The lowest BCUT2D eigenvalue weighted by molar-refractivity contribution is 0.171. The molecule has 5 nitrogen and oxygen atoms in total. The molecule has 1 aromatic carbocycles. The largest absolute Gasteiger partial charge is 0.383 e. The van der Waals surface area contributed by atoms with Gasteiger partial charge in [0.1, 0.15) is 0 Å². The van der Waals surface area contributed by atoms with E-state index >= 15 is 0 Å². The third kappa shape index (κ3) is 6.13. The van der Waals surface area contributed by atoms with Crippen LogP contribution in [0.1, 0.15) is 32.3 Å². The van der Waals surface area contributed by atoms with Crippen LogP contribution in [-0.4, -0.2) is 34.7 Å². The number of methoxy groups -OCH3 is 1. The molecule has 0 aliphatic heterocycles. The van der Waals surface area contributed by atoms with Gasteiger partial charge in [0.2, 0.25) is 10.0 Å². The van der Waals surface area contributed by atoms with Crippen LogP contribution < -0.4 is 10.0 Å². The maximum atomic E-state index is 12.4. The van der Waals surface area contributed by atoms with Gasteiger partial charge < -0.3 is 10.1 Å². The highest BCUT2D eigenvalue weighted by Crippen LogP contribution is 2.13. The Morgan fingerprint density at radius 1 is 1.29 bits per heavy atom. The lowest BCUT2D eigenvalue weighted by Gasteiger charge is -2.17. The first kappa shape index (κ1) is 18.1. The number of sulfonamides is 1. The van der Waals surface area contributed by atoms with Crippen molar-refractivity contribution >= 4 is 10.0 Å². The van der Waals surface area contributed by atoms with Crippen LogP contribution in [-0.2, 0) is 21.3 Å². The van der Waals surface area contributed by atoms with Crippen LogP contribution in [0.2, 0.25) is 0 Å². The van der Waals surface area contributed by atoms with Gasteiger partial charge in [-0.3, -0.25) is 0 Å². The van der Waals surface area contributed by atoms with Crippen LogP contribution in [0.15, 0.2) is 29.2 Å². The van der Waals surface area contributed by atoms with E-state index in [9.17, 15) is 8.42 Å². The van der Waals surface area contributed by atoms with Gasteiger partial charge in [0.15, 0.2) is 0 Å². The van der Waals surface area contributed by atoms with Gasteiger partial charge in [-0.15, -0.1) is 0 Å². The van der Waals surface area contributed by atoms with E-state index in [-0.39, 0.29) is 6.04 Å². The van der Waals surface area contributed by atoms with Crippen LogP contribution in [0, 0.1) is 0 Å². The molecule has 0 saturated carbocycles. The molecule has 21 heavy (non-hydrogen) atoms. The van der Waals surface area contributed by atoms with E-state index in [1.54, 1.807) is 25.3 Å². The number of hydrogen-bond donors (Lipinski definition) is 2. The lowest BCUT2D eigenvalue weighted by Crippen LogP contribution is -2.37. The maximum absolute atomic E-state index is 12.4. The predicted molar refractivity (Wildman–Crippen MR) is 84.7 cm³/mol. The first-order chi connectivity index (χ1) is 10.0. The van der Waals surface area contributed by atoms with Crippen molar-refractivity contribution in [3.63, 3.8) is 0 Å². The van der Waals surface area contributed by atoms with Crippen molar-refractivity contribution in [3.8, 4) is 0 Å². The zero-order valence-electron chi connectivity index (χ0n) is 13.1. The number of hydrogen-bond acceptors (Lipinski definition) is 4. The van der Waals surface area contributed by atoms with E-state index in [2.05, 4.69) is 10.0 Å². The fourth-order valence-electron chi connectivity index (χ4n) is 2.11. The first-order valence-electron chi connectivity index (χ1n) is 7.34. The third-order valence-electron chi connectivity index (χ3n) is 3.11. The van der Waals surface area contributed by atoms with E-state index in [0.717, 1.165) is 24.9 Å². The Kier molecular flexibility index (Phi) is 7.88. The summed E-state index contributed by atoms with van der Waals surface area (Å²) in [4.78, 5) is 0.301. The van der Waals surface area contributed by atoms with Crippen LogP contribution in [0.3, 0.4) is 0 Å². The second-order valence-electron chi connectivity index (χ2n) is 4.99. The monoisotopic (exact) mass is 314 g/mol. The summed E-state index contributed by atoms with van der Waals surface area (Å²) in [5.74, 6) is 0. The maximum Gasteiger partial charge on any atom is 0.240 e. The fourth-order valence-corrected chi connectivity index (χ4v) is 3.43. The Bertz CT molecular complexity index is 511. The van der Waals surface area contributed by atoms with Gasteiger partial charge in [-0.2, -0.15) is 0 Å². The van der Waals surface area contributed by atoms with Crippen molar-refractivity contribution in [1.82, 2.24) is 10.0 Å². The minimum Gasteiger partial charge on any atom is -0.383 e. The van der Waals surface area contributed by atoms with Crippen molar-refractivity contribution in [2.24, 2.45) is 0 Å². The molecular formula is C15H26N2O3S. The molecule has 1 unspecified atom stereocenters. The minimum atomic E-state index is -3.51. The molecule has 120 valence electrons. The van der Waals surface area contributed by atoms with Crippen LogP contribution >= 0.6 is 0 Å². The topological polar surface area (TPSA) is 67.4 Å². The molecule has 1 rings (SSSR count). The molecule has 0 fully saturated rings. The normalized spacial score (nSPS) is 13.3. The number of benzene rings is 1. The Hall–Kier alpha value is -0.950. The van der Waals surface area contributed by atoms with E-state index in [4.69, 9.17) is 4.74 Å². The zero-order valence-corrected chi connectivity index (χ0v) is 13.9. The molecule has 0 saturated heterocycles. The van der Waals surface area contributed by atoms with E-state index in [1.165, 1.54) is 0 Å². The number of ether oxygens (including phenoxy) is 1. The number of rotatable bonds is 10. The molecular weight excluding hydrogens is 288 g/mol. The average Bonchev–Trinajstić information content (AvgIpc) is 2.45. The van der Waals surface area contributed by atoms with Crippen molar-refractivity contribution in [2.45, 2.75) is 44.2 Å². The molecule has 0 aliphatic rings. The van der Waals surface area contributed by atoms with E-state index in [0.29, 0.717) is 18.0 Å². The van der Waals surface area contributed by atoms with Gasteiger partial charge in [-0.1, -0.05) is 32.4 Å². The summed E-state index contributed by atoms with van der Waals surface area (Å²) in [6.07, 6.45) is 1.65. The van der Waals surface area contributed by atoms with Gasteiger partial charge in [-0.25, -0.2) is 13.1 Å². The standard InChI is InChI=1S/C15H26N2O3S/c1-4-7-14(12-20-3)17-21(18,19)15-9-6-8-13(10-15)11-16-5-2/h6,8-10,14,16-17H,4-5,7,11-12H2,1-3H3. The summed E-state index contributed by atoms with van der Waals surface area (Å²) in [6.45, 7) is 5.93. The smallest absolute Gasteiger partial charge is 0.240 e. The fraction of sp³-hybridized carbons (Fsp3) is 0.600. The highest BCUT2D eigenvalue weighted by atomic mass is 32.2. The summed E-state index contributed by atoms with van der Waals surface area (Å²) >= 11 is 0. The second-order valence-corrected chi connectivity index (χ2v) is 6.70. The van der Waals surface area contributed by atoms with Crippen LogP contribution in [0.25, 0.3) is 0 Å². The Balaban J connectivity index is 2.85. The SMILES string of the molecule is CCCC(COC)NS(=O)(=O)c1cccc(CNCC)c1. The molecule has 0 bridgehead atoms. The summed E-state index contributed by atoms with van der Waals surface area (Å²) in [6, 6.07) is 6.82. The van der Waals surface area contributed by atoms with Gasteiger partial charge in [0.05, 0.1) is 11.5 Å². The van der Waals surface area contributed by atoms with Gasteiger partial charge in [0.25, 0.3) is 0 Å². The summed E-state index contributed by atoms with van der Waals surface area (Å²) < 4.78 is 32.7.